The fourth-order valence-electron chi connectivity index (χ4n) is 4.49. The topological polar surface area (TPSA) is 123 Å². The number of amides is 1. The van der Waals surface area contributed by atoms with Gasteiger partial charge in [-0.3, -0.25) is 15.2 Å². The number of dihydropyridines is 1. The van der Waals surface area contributed by atoms with Crippen LogP contribution in [0.3, 0.4) is 0 Å². The Morgan fingerprint density at radius 2 is 1.75 bits per heavy atom. The summed E-state index contributed by atoms with van der Waals surface area (Å²) in [7, 11) is -3.26. The number of phenols is 1. The molecule has 0 aromatic heterocycles. The molecule has 2 atom stereocenters. The van der Waals surface area contributed by atoms with E-state index in [0.29, 0.717) is 30.1 Å². The highest BCUT2D eigenvalue weighted by atomic mass is 32.2. The van der Waals surface area contributed by atoms with E-state index in [-0.39, 0.29) is 22.5 Å². The van der Waals surface area contributed by atoms with Crippen molar-refractivity contribution in [2.45, 2.75) is 11.1 Å². The van der Waals surface area contributed by atoms with Crippen molar-refractivity contribution in [3.63, 3.8) is 0 Å². The fourth-order valence-corrected chi connectivity index (χ4v) is 5.12. The van der Waals surface area contributed by atoms with Crippen LogP contribution in [-0.2, 0) is 14.6 Å². The molecule has 2 aromatic carbocycles. The third-order valence-corrected chi connectivity index (χ3v) is 7.56. The number of hydrazone groups is 1. The number of fused-ring (bicyclic) bond motifs is 1. The average Bonchev–Trinajstić information content (AvgIpc) is 3.30. The van der Waals surface area contributed by atoms with Crippen molar-refractivity contribution in [3.8, 4) is 5.75 Å². The number of carbonyl (C=O) groups is 1. The van der Waals surface area contributed by atoms with Gasteiger partial charge in [0.05, 0.1) is 22.2 Å². The highest BCUT2D eigenvalue weighted by molar-refractivity contribution is 7.90. The Hall–Kier alpha value is -3.76. The zero-order valence-corrected chi connectivity index (χ0v) is 20.6. The van der Waals surface area contributed by atoms with Gasteiger partial charge in [-0.05, 0) is 54.1 Å². The molecule has 3 aliphatic heterocycles. The monoisotopic (exact) mass is 505 g/mol. The number of allylic oxidation sites excluding steroid dienone is 2. The molecule has 1 saturated heterocycles. The number of aromatic hydroxyl groups is 1. The minimum Gasteiger partial charge on any atom is -0.508 e. The molecule has 10 heteroatoms. The van der Waals surface area contributed by atoms with E-state index >= 15 is 0 Å². The summed E-state index contributed by atoms with van der Waals surface area (Å²) in [6.45, 7) is 2.74. The van der Waals surface area contributed by atoms with E-state index in [9.17, 15) is 18.3 Å². The molecule has 0 radical (unpaired) electrons. The second-order valence-corrected chi connectivity index (χ2v) is 11.0. The molecular formula is C26H27N5O4S. The van der Waals surface area contributed by atoms with Gasteiger partial charge in [-0.2, -0.15) is 5.10 Å². The summed E-state index contributed by atoms with van der Waals surface area (Å²) < 4.78 is 23.5. The van der Waals surface area contributed by atoms with E-state index in [1.165, 1.54) is 6.26 Å². The van der Waals surface area contributed by atoms with Crippen molar-refractivity contribution in [1.29, 1.82) is 0 Å². The van der Waals surface area contributed by atoms with Crippen LogP contribution in [0.2, 0.25) is 0 Å². The second kappa shape index (κ2) is 9.71. The molecule has 1 fully saturated rings. The number of hydrogen-bond donors (Lipinski definition) is 3. The summed E-state index contributed by atoms with van der Waals surface area (Å²) in [5.74, 6) is -0.242. The molecule has 36 heavy (non-hydrogen) atoms. The van der Waals surface area contributed by atoms with Gasteiger partial charge in [0, 0.05) is 43.6 Å². The molecule has 5 rings (SSSR count). The molecule has 186 valence electrons. The second-order valence-electron chi connectivity index (χ2n) is 8.97. The maximum atomic E-state index is 13.6. The summed E-state index contributed by atoms with van der Waals surface area (Å²) in [5.41, 5.74) is 6.63. The molecule has 3 aliphatic rings. The van der Waals surface area contributed by atoms with Crippen molar-refractivity contribution in [2.24, 2.45) is 16.0 Å². The molecular weight excluding hydrogens is 478 g/mol. The number of carbonyl (C=O) groups excluding carboxylic acids is 1. The number of piperazine rings is 1. The van der Waals surface area contributed by atoms with Gasteiger partial charge in [0.1, 0.15) is 11.9 Å². The Labute approximate surface area is 209 Å². The zero-order valence-electron chi connectivity index (χ0n) is 19.8. The summed E-state index contributed by atoms with van der Waals surface area (Å²) in [6.07, 6.45) is 6.26. The van der Waals surface area contributed by atoms with Gasteiger partial charge in [0.15, 0.2) is 9.84 Å². The van der Waals surface area contributed by atoms with E-state index in [4.69, 9.17) is 4.99 Å². The van der Waals surface area contributed by atoms with E-state index in [1.54, 1.807) is 48.5 Å². The SMILES string of the molecule is CS(=O)(=O)c1ccc(/C=C/C2=NNC3N=C(c4ccc(O)cc4)C=C(C(=O)N4CCNCC4)C23)cc1. The van der Waals surface area contributed by atoms with Gasteiger partial charge in [0.25, 0.3) is 5.91 Å². The summed E-state index contributed by atoms with van der Waals surface area (Å²) in [6, 6.07) is 13.3. The first-order chi connectivity index (χ1) is 17.3. The number of aliphatic imine (C=N–C) groups is 1. The van der Waals surface area contributed by atoms with Crippen LogP contribution >= 0.6 is 0 Å². The van der Waals surface area contributed by atoms with Gasteiger partial charge in [-0.15, -0.1) is 0 Å². The lowest BCUT2D eigenvalue weighted by molar-refractivity contribution is -0.128. The van der Waals surface area contributed by atoms with Crippen LogP contribution in [0.15, 0.2) is 81.2 Å². The van der Waals surface area contributed by atoms with E-state index < -0.39 is 16.0 Å². The number of phenolic OH excluding ortho intramolecular Hbond substituents is 1. The molecule has 1 amide bonds. The molecule has 0 aliphatic carbocycles. The third kappa shape index (κ3) is 4.95. The molecule has 2 unspecified atom stereocenters. The van der Waals surface area contributed by atoms with Gasteiger partial charge < -0.3 is 15.3 Å². The Morgan fingerprint density at radius 1 is 1.06 bits per heavy atom. The van der Waals surface area contributed by atoms with Crippen LogP contribution in [0, 0.1) is 5.92 Å². The Morgan fingerprint density at radius 3 is 2.42 bits per heavy atom. The molecule has 0 spiro atoms. The normalized spacial score (nSPS) is 21.9. The number of nitrogens with zero attached hydrogens (tertiary/aromatic N) is 3. The number of benzene rings is 2. The number of nitrogens with one attached hydrogen (secondary N) is 2. The Bertz CT molecular complexity index is 1390. The largest absolute Gasteiger partial charge is 0.508 e. The van der Waals surface area contributed by atoms with Crippen molar-refractivity contribution in [2.75, 3.05) is 32.4 Å². The van der Waals surface area contributed by atoms with Crippen molar-refractivity contribution in [3.05, 3.63) is 77.4 Å². The lowest BCUT2D eigenvalue weighted by Crippen LogP contribution is -2.49. The van der Waals surface area contributed by atoms with E-state index in [0.717, 1.165) is 24.2 Å². The maximum absolute atomic E-state index is 13.6. The van der Waals surface area contributed by atoms with Gasteiger partial charge >= 0.3 is 0 Å². The van der Waals surface area contributed by atoms with Crippen LogP contribution < -0.4 is 10.7 Å². The fraction of sp³-hybridized carbons (Fsp3) is 0.269. The third-order valence-electron chi connectivity index (χ3n) is 6.43. The minimum atomic E-state index is -3.26. The summed E-state index contributed by atoms with van der Waals surface area (Å²) >= 11 is 0. The smallest absolute Gasteiger partial charge is 0.250 e. The van der Waals surface area contributed by atoms with Gasteiger partial charge in [0.2, 0.25) is 0 Å². The lowest BCUT2D eigenvalue weighted by atomic mass is 9.86. The predicted octanol–water partition coefficient (Wildman–Crippen LogP) is 1.57. The molecule has 0 bridgehead atoms. The van der Waals surface area contributed by atoms with Gasteiger partial charge in [-0.1, -0.05) is 18.2 Å². The molecule has 3 heterocycles. The predicted molar refractivity (Wildman–Crippen MR) is 139 cm³/mol. The standard InChI is InChI=1S/C26H27N5O4S/c1-36(34,35)20-9-2-17(3-10-20)4-11-22-24-21(26(33)31-14-12-27-13-15-31)16-23(28-25(24)30-29-22)18-5-7-19(32)8-6-18/h2-11,16,24-25,27,30,32H,12-15H2,1H3/b11-4+. The quantitative estimate of drug-likeness (QED) is 0.567. The first kappa shape index (κ1) is 24.0. The van der Waals surface area contributed by atoms with Crippen LogP contribution in [-0.4, -0.2) is 74.4 Å². The molecule has 3 N–H and O–H groups in total. The van der Waals surface area contributed by atoms with Crippen LogP contribution in [0.5, 0.6) is 5.75 Å². The summed E-state index contributed by atoms with van der Waals surface area (Å²) in [4.78, 5) is 20.6. The van der Waals surface area contributed by atoms with Crippen molar-refractivity contribution in [1.82, 2.24) is 15.6 Å². The molecule has 0 saturated carbocycles. The lowest BCUT2D eigenvalue weighted by Gasteiger charge is -2.32. The first-order valence-electron chi connectivity index (χ1n) is 11.7. The Kier molecular flexibility index (Phi) is 6.46. The van der Waals surface area contributed by atoms with Crippen molar-refractivity contribution < 1.29 is 18.3 Å². The van der Waals surface area contributed by atoms with Gasteiger partial charge in [-0.25, -0.2) is 8.42 Å². The average molecular weight is 506 g/mol. The van der Waals surface area contributed by atoms with E-state index in [2.05, 4.69) is 15.8 Å². The molecule has 9 nitrogen and oxygen atoms in total. The zero-order chi connectivity index (χ0) is 25.3. The van der Waals surface area contributed by atoms with Crippen molar-refractivity contribution >= 4 is 33.2 Å². The minimum absolute atomic E-state index is 0.0417. The highest BCUT2D eigenvalue weighted by Crippen LogP contribution is 2.31. The first-order valence-corrected chi connectivity index (χ1v) is 13.6. The Balaban J connectivity index is 1.45. The van der Waals surface area contributed by atoms with Crippen LogP contribution in [0.25, 0.3) is 6.08 Å². The summed E-state index contributed by atoms with van der Waals surface area (Å²) in [5, 5.41) is 17.4. The van der Waals surface area contributed by atoms with Crippen LogP contribution in [0.1, 0.15) is 11.1 Å². The van der Waals surface area contributed by atoms with Crippen LogP contribution in [0.4, 0.5) is 0 Å². The highest BCUT2D eigenvalue weighted by Gasteiger charge is 2.40. The number of hydrogen-bond acceptors (Lipinski definition) is 8. The number of sulfone groups is 1. The molecule has 2 aromatic rings. The number of rotatable bonds is 5. The maximum Gasteiger partial charge on any atom is 0.250 e. The van der Waals surface area contributed by atoms with E-state index in [1.807, 2.05) is 23.1 Å².